The van der Waals surface area contributed by atoms with Crippen molar-refractivity contribution in [2.24, 2.45) is 0 Å². The van der Waals surface area contributed by atoms with Gasteiger partial charge in [-0.1, -0.05) is 0 Å². The highest BCUT2D eigenvalue weighted by Crippen LogP contribution is 2.21. The number of rotatable bonds is 6. The van der Waals surface area contributed by atoms with Crippen molar-refractivity contribution >= 4 is 15.9 Å². The van der Waals surface area contributed by atoms with E-state index in [-0.39, 0.29) is 23.0 Å². The zero-order valence-corrected chi connectivity index (χ0v) is 16.9. The Morgan fingerprint density at radius 2 is 1.70 bits per heavy atom. The Morgan fingerprint density at radius 3 is 2.30 bits per heavy atom. The first kappa shape index (κ1) is 20.3. The van der Waals surface area contributed by atoms with Gasteiger partial charge in [0.15, 0.2) is 0 Å². The van der Waals surface area contributed by atoms with Crippen LogP contribution < -0.4 is 5.32 Å². The van der Waals surface area contributed by atoms with E-state index >= 15 is 0 Å². The predicted molar refractivity (Wildman–Crippen MR) is 103 cm³/mol. The van der Waals surface area contributed by atoms with Gasteiger partial charge in [0.25, 0.3) is 5.91 Å². The van der Waals surface area contributed by atoms with Crippen LogP contribution >= 0.6 is 0 Å². The molecular formula is C19H29N3O4S. The van der Waals surface area contributed by atoms with Crippen LogP contribution in [-0.2, 0) is 14.8 Å². The minimum Gasteiger partial charge on any atom is -0.373 e. The maximum atomic E-state index is 12.8. The van der Waals surface area contributed by atoms with Crippen molar-refractivity contribution in [3.8, 4) is 0 Å². The molecule has 27 heavy (non-hydrogen) atoms. The molecule has 1 aromatic rings. The van der Waals surface area contributed by atoms with E-state index in [4.69, 9.17) is 4.74 Å². The third-order valence-electron chi connectivity index (χ3n) is 5.05. The van der Waals surface area contributed by atoms with Gasteiger partial charge in [-0.05, 0) is 64.0 Å². The topological polar surface area (TPSA) is 79.0 Å². The molecule has 1 N–H and O–H groups in total. The minimum atomic E-state index is -3.58. The van der Waals surface area contributed by atoms with Crippen LogP contribution in [0.4, 0.5) is 0 Å². The first-order valence-corrected chi connectivity index (χ1v) is 11.1. The Bertz CT molecular complexity index is 735. The largest absolute Gasteiger partial charge is 0.373 e. The Hall–Kier alpha value is -1.48. The zero-order valence-electron chi connectivity index (χ0n) is 16.1. The highest BCUT2D eigenvalue weighted by atomic mass is 32.2. The van der Waals surface area contributed by atoms with Gasteiger partial charge in [-0.3, -0.25) is 4.79 Å². The summed E-state index contributed by atoms with van der Waals surface area (Å²) in [5.74, 6) is -0.174. The molecule has 1 amide bonds. The molecule has 2 aliphatic heterocycles. The quantitative estimate of drug-likeness (QED) is 0.786. The van der Waals surface area contributed by atoms with Crippen LogP contribution in [0.15, 0.2) is 29.2 Å². The van der Waals surface area contributed by atoms with E-state index in [1.54, 1.807) is 12.1 Å². The molecule has 3 rings (SSSR count). The van der Waals surface area contributed by atoms with E-state index in [0.717, 1.165) is 19.6 Å². The first-order chi connectivity index (χ1) is 12.9. The molecule has 2 atom stereocenters. The maximum absolute atomic E-state index is 12.8. The number of amides is 1. The smallest absolute Gasteiger partial charge is 0.251 e. The van der Waals surface area contributed by atoms with Gasteiger partial charge in [-0.2, -0.15) is 4.31 Å². The van der Waals surface area contributed by atoms with Crippen molar-refractivity contribution in [1.29, 1.82) is 0 Å². The lowest BCUT2D eigenvalue weighted by Crippen LogP contribution is -2.48. The van der Waals surface area contributed by atoms with Crippen molar-refractivity contribution in [3.05, 3.63) is 29.8 Å². The summed E-state index contributed by atoms with van der Waals surface area (Å²) in [6.07, 6.45) is 2.18. The number of likely N-dealkylation sites (tertiary alicyclic amines) is 1. The lowest BCUT2D eigenvalue weighted by atomic mass is 10.2. The number of hydrogen-bond donors (Lipinski definition) is 1. The Balaban J connectivity index is 1.59. The van der Waals surface area contributed by atoms with Crippen LogP contribution in [-0.4, -0.2) is 75.0 Å². The second kappa shape index (κ2) is 8.68. The van der Waals surface area contributed by atoms with Gasteiger partial charge < -0.3 is 15.0 Å². The molecule has 0 radical (unpaired) electrons. The van der Waals surface area contributed by atoms with Crippen molar-refractivity contribution < 1.29 is 17.9 Å². The zero-order chi connectivity index (χ0) is 19.4. The van der Waals surface area contributed by atoms with Crippen molar-refractivity contribution in [3.63, 3.8) is 0 Å². The van der Waals surface area contributed by atoms with Crippen LogP contribution in [0.2, 0.25) is 0 Å². The minimum absolute atomic E-state index is 0.135. The van der Waals surface area contributed by atoms with Gasteiger partial charge >= 0.3 is 0 Å². The third-order valence-corrected chi connectivity index (χ3v) is 6.90. The number of carbonyl (C=O) groups is 1. The van der Waals surface area contributed by atoms with Crippen LogP contribution in [0.25, 0.3) is 0 Å². The average Bonchev–Trinajstić information content (AvgIpc) is 3.14. The monoisotopic (exact) mass is 395 g/mol. The summed E-state index contributed by atoms with van der Waals surface area (Å²) >= 11 is 0. The molecule has 0 aromatic heterocycles. The van der Waals surface area contributed by atoms with E-state index in [2.05, 4.69) is 10.2 Å². The molecule has 7 nitrogen and oxygen atoms in total. The maximum Gasteiger partial charge on any atom is 0.251 e. The summed E-state index contributed by atoms with van der Waals surface area (Å²) in [6, 6.07) is 6.17. The van der Waals surface area contributed by atoms with Gasteiger partial charge in [-0.15, -0.1) is 0 Å². The molecule has 0 aliphatic carbocycles. The molecule has 8 heteroatoms. The Kier molecular flexibility index (Phi) is 6.52. The van der Waals surface area contributed by atoms with Crippen molar-refractivity contribution in [1.82, 2.24) is 14.5 Å². The molecule has 0 saturated carbocycles. The van der Waals surface area contributed by atoms with E-state index in [0.29, 0.717) is 25.2 Å². The fraction of sp³-hybridized carbons (Fsp3) is 0.632. The second-order valence-corrected chi connectivity index (χ2v) is 9.35. The standard InChI is InChI=1S/C19H29N3O4S/c1-15-13-22(14-16(2)26-15)27(24,25)18-7-5-17(6-8-18)19(23)20-9-12-21-10-3-4-11-21/h5-8,15-16H,3-4,9-14H2,1-2H3,(H,20,23)/t15-,16+. The fourth-order valence-electron chi connectivity index (χ4n) is 3.69. The van der Waals surface area contributed by atoms with Gasteiger partial charge in [0.1, 0.15) is 0 Å². The third kappa shape index (κ3) is 5.07. The number of hydrogen-bond acceptors (Lipinski definition) is 5. The van der Waals surface area contributed by atoms with Crippen molar-refractivity contribution in [2.45, 2.75) is 43.8 Å². The van der Waals surface area contributed by atoms with E-state index in [1.165, 1.54) is 29.3 Å². The summed E-state index contributed by atoms with van der Waals surface area (Å²) in [6.45, 7) is 8.06. The molecule has 0 bridgehead atoms. The summed E-state index contributed by atoms with van der Waals surface area (Å²) in [5.41, 5.74) is 0.471. The average molecular weight is 396 g/mol. The highest BCUT2D eigenvalue weighted by Gasteiger charge is 2.32. The van der Waals surface area contributed by atoms with Crippen LogP contribution in [0, 0.1) is 0 Å². The summed E-state index contributed by atoms with van der Waals surface area (Å²) < 4.78 is 32.8. The fourth-order valence-corrected chi connectivity index (χ4v) is 5.28. The van der Waals surface area contributed by atoms with E-state index in [9.17, 15) is 13.2 Å². The number of ether oxygens (including phenoxy) is 1. The molecule has 2 heterocycles. The number of nitrogens with one attached hydrogen (secondary N) is 1. The van der Waals surface area contributed by atoms with Gasteiger partial charge in [0.05, 0.1) is 17.1 Å². The van der Waals surface area contributed by atoms with E-state index < -0.39 is 10.0 Å². The number of morpholine rings is 1. The molecule has 1 aromatic carbocycles. The Morgan fingerprint density at radius 1 is 1.11 bits per heavy atom. The van der Waals surface area contributed by atoms with Crippen LogP contribution in [0.1, 0.15) is 37.0 Å². The molecule has 0 unspecified atom stereocenters. The lowest BCUT2D eigenvalue weighted by Gasteiger charge is -2.34. The molecular weight excluding hydrogens is 366 g/mol. The molecule has 2 aliphatic rings. The molecule has 0 spiro atoms. The number of carbonyl (C=O) groups excluding carboxylic acids is 1. The van der Waals surface area contributed by atoms with Gasteiger partial charge in [0.2, 0.25) is 10.0 Å². The second-order valence-electron chi connectivity index (χ2n) is 7.41. The number of nitrogens with zero attached hydrogens (tertiary/aromatic N) is 2. The molecule has 2 saturated heterocycles. The van der Waals surface area contributed by atoms with Gasteiger partial charge in [0, 0.05) is 31.7 Å². The Labute approximate surface area is 161 Å². The highest BCUT2D eigenvalue weighted by molar-refractivity contribution is 7.89. The number of benzene rings is 1. The van der Waals surface area contributed by atoms with Crippen LogP contribution in [0.3, 0.4) is 0 Å². The lowest BCUT2D eigenvalue weighted by molar-refractivity contribution is -0.0440. The summed E-state index contributed by atoms with van der Waals surface area (Å²) in [5, 5.41) is 2.90. The van der Waals surface area contributed by atoms with Crippen molar-refractivity contribution in [2.75, 3.05) is 39.3 Å². The summed E-state index contributed by atoms with van der Waals surface area (Å²) in [4.78, 5) is 14.8. The first-order valence-electron chi connectivity index (χ1n) is 9.62. The predicted octanol–water partition coefficient (Wildman–Crippen LogP) is 1.31. The molecule has 150 valence electrons. The van der Waals surface area contributed by atoms with Gasteiger partial charge in [-0.25, -0.2) is 8.42 Å². The normalized spacial score (nSPS) is 24.8. The van der Waals surface area contributed by atoms with Crippen LogP contribution in [0.5, 0.6) is 0 Å². The summed E-state index contributed by atoms with van der Waals surface area (Å²) in [7, 11) is -3.58. The number of sulfonamides is 1. The SMILES string of the molecule is C[C@@H]1CN(S(=O)(=O)c2ccc(C(=O)NCCN3CCCC3)cc2)C[C@H](C)O1. The van der Waals surface area contributed by atoms with E-state index in [1.807, 2.05) is 13.8 Å². The molecule has 2 fully saturated rings.